The number of amides is 1. The zero-order valence-electron chi connectivity index (χ0n) is 21.4. The molecule has 9 heteroatoms. The molecule has 0 aliphatic carbocycles. The molecule has 2 aromatic heterocycles. The molecule has 4 heterocycles. The Balaban J connectivity index is 1.38. The first-order chi connectivity index (χ1) is 17.4. The fourth-order valence-electron chi connectivity index (χ4n) is 4.72. The van der Waals surface area contributed by atoms with Crippen LogP contribution in [0.15, 0.2) is 36.7 Å². The Bertz CT molecular complexity index is 1240. The average molecular weight is 491 g/mol. The van der Waals surface area contributed by atoms with Crippen molar-refractivity contribution in [3.05, 3.63) is 42.2 Å². The molecule has 0 spiro atoms. The summed E-state index contributed by atoms with van der Waals surface area (Å²) in [4.78, 5) is 29.4. The summed E-state index contributed by atoms with van der Waals surface area (Å²) in [6.07, 6.45) is 5.65. The predicted octanol–water partition coefficient (Wildman–Crippen LogP) is 4.96. The van der Waals surface area contributed by atoms with Crippen molar-refractivity contribution in [3.8, 4) is 5.75 Å². The summed E-state index contributed by atoms with van der Waals surface area (Å²) in [7, 11) is 1.73. The van der Waals surface area contributed by atoms with E-state index in [1.165, 1.54) is 5.56 Å². The van der Waals surface area contributed by atoms with Crippen LogP contribution >= 0.6 is 0 Å². The van der Waals surface area contributed by atoms with Crippen LogP contribution in [0.5, 0.6) is 5.75 Å². The van der Waals surface area contributed by atoms with Crippen molar-refractivity contribution in [1.29, 1.82) is 0 Å². The van der Waals surface area contributed by atoms with Crippen LogP contribution in [0, 0.1) is 5.92 Å². The Labute approximate surface area is 211 Å². The van der Waals surface area contributed by atoms with Gasteiger partial charge in [0, 0.05) is 37.9 Å². The smallest absolute Gasteiger partial charge is 0.410 e. The van der Waals surface area contributed by atoms with Crippen LogP contribution in [-0.2, 0) is 4.74 Å². The highest BCUT2D eigenvalue weighted by Crippen LogP contribution is 2.34. The minimum Gasteiger partial charge on any atom is -0.491 e. The lowest BCUT2D eigenvalue weighted by Gasteiger charge is -2.30. The summed E-state index contributed by atoms with van der Waals surface area (Å²) in [6, 6.07) is 7.90. The average Bonchev–Trinajstić information content (AvgIpc) is 3.20. The molecule has 2 saturated heterocycles. The maximum absolute atomic E-state index is 11.7. The summed E-state index contributed by atoms with van der Waals surface area (Å²) in [5.74, 6) is 4.01. The van der Waals surface area contributed by atoms with Crippen molar-refractivity contribution in [2.45, 2.75) is 45.6 Å². The van der Waals surface area contributed by atoms with Gasteiger partial charge in [-0.2, -0.15) is 4.98 Å². The number of nitrogens with zero attached hydrogens (tertiary/aromatic N) is 5. The molecule has 36 heavy (non-hydrogen) atoms. The van der Waals surface area contributed by atoms with Gasteiger partial charge in [0.05, 0.1) is 0 Å². The van der Waals surface area contributed by atoms with E-state index in [2.05, 4.69) is 53.1 Å². The number of carbonyl (C=O) groups excluding carboxylic acids is 1. The largest absolute Gasteiger partial charge is 0.491 e. The Morgan fingerprint density at radius 3 is 2.67 bits per heavy atom. The second-order valence-corrected chi connectivity index (χ2v) is 10.1. The van der Waals surface area contributed by atoms with Gasteiger partial charge in [-0.25, -0.2) is 14.8 Å². The Hall–Kier alpha value is -3.62. The van der Waals surface area contributed by atoms with Crippen LogP contribution in [0.25, 0.3) is 10.8 Å². The van der Waals surface area contributed by atoms with E-state index in [-0.39, 0.29) is 12.1 Å². The maximum Gasteiger partial charge on any atom is 0.410 e. The van der Waals surface area contributed by atoms with Crippen LogP contribution in [0.2, 0.25) is 0 Å². The number of piperidine rings is 1. The second-order valence-electron chi connectivity index (χ2n) is 10.1. The molecule has 9 nitrogen and oxygen atoms in total. The maximum atomic E-state index is 11.7. The molecule has 0 saturated carbocycles. The molecule has 2 aliphatic heterocycles. The summed E-state index contributed by atoms with van der Waals surface area (Å²) in [5, 5.41) is 5.38. The first-order valence-corrected chi connectivity index (χ1v) is 12.7. The van der Waals surface area contributed by atoms with Crippen molar-refractivity contribution in [2.24, 2.45) is 5.92 Å². The number of fused-ring (bicyclic) bond motifs is 1. The number of nitrogens with one attached hydrogen (secondary N) is 1. The summed E-state index contributed by atoms with van der Waals surface area (Å²) >= 11 is 0. The van der Waals surface area contributed by atoms with Crippen molar-refractivity contribution >= 4 is 34.4 Å². The first-order valence-electron chi connectivity index (χ1n) is 12.7. The third-order valence-electron chi connectivity index (χ3n) is 7.15. The number of aromatic nitrogens is 3. The monoisotopic (exact) mass is 490 g/mol. The van der Waals surface area contributed by atoms with E-state index < -0.39 is 0 Å². The number of hydrogen-bond donors (Lipinski definition) is 1. The van der Waals surface area contributed by atoms with E-state index in [1.54, 1.807) is 18.1 Å². The zero-order valence-corrected chi connectivity index (χ0v) is 21.4. The molecule has 1 atom stereocenters. The van der Waals surface area contributed by atoms with Gasteiger partial charge in [0.15, 0.2) is 0 Å². The van der Waals surface area contributed by atoms with E-state index in [9.17, 15) is 4.79 Å². The lowest BCUT2D eigenvalue weighted by molar-refractivity contribution is 0.162. The van der Waals surface area contributed by atoms with Crippen LogP contribution in [0.4, 0.5) is 22.4 Å². The third-order valence-corrected chi connectivity index (χ3v) is 7.15. The zero-order chi connectivity index (χ0) is 25.2. The van der Waals surface area contributed by atoms with Gasteiger partial charge in [-0.1, -0.05) is 26.8 Å². The van der Waals surface area contributed by atoms with E-state index >= 15 is 0 Å². The van der Waals surface area contributed by atoms with Crippen molar-refractivity contribution < 1.29 is 14.3 Å². The number of likely N-dealkylation sites (N-methyl/N-ethyl adjacent to an activating group) is 1. The van der Waals surface area contributed by atoms with Gasteiger partial charge in [0.2, 0.25) is 5.95 Å². The van der Waals surface area contributed by atoms with Crippen LogP contribution in [-0.4, -0.2) is 65.3 Å². The Kier molecular flexibility index (Phi) is 6.80. The number of benzene rings is 1. The first kappa shape index (κ1) is 24.1. The van der Waals surface area contributed by atoms with E-state index in [1.807, 2.05) is 18.3 Å². The second kappa shape index (κ2) is 10.2. The number of anilines is 3. The van der Waals surface area contributed by atoms with Crippen molar-refractivity contribution in [3.63, 3.8) is 0 Å². The lowest BCUT2D eigenvalue weighted by atomic mass is 9.96. The fraction of sp³-hybridized carbons (Fsp3) is 0.481. The minimum absolute atomic E-state index is 0.110. The van der Waals surface area contributed by atoms with E-state index in [0.29, 0.717) is 24.9 Å². The SMILES string of the molecule is CC1CCN(c2nccc(Nc3cc4c(C(C)C)ccc(OCC5COC(=O)N5C)c4cn3)n2)CC1. The number of cyclic esters (lactones) is 1. The normalized spacial score (nSPS) is 18.7. The van der Waals surface area contributed by atoms with Crippen molar-refractivity contribution in [1.82, 2.24) is 19.9 Å². The fourth-order valence-corrected chi connectivity index (χ4v) is 4.72. The third kappa shape index (κ3) is 5.01. The van der Waals surface area contributed by atoms with E-state index in [4.69, 9.17) is 14.5 Å². The van der Waals surface area contributed by atoms with E-state index in [0.717, 1.165) is 60.1 Å². The molecule has 2 aliphatic rings. The predicted molar refractivity (Wildman–Crippen MR) is 140 cm³/mol. The molecule has 1 amide bonds. The Morgan fingerprint density at radius 1 is 1.14 bits per heavy atom. The van der Waals surface area contributed by atoms with Crippen LogP contribution in [0.3, 0.4) is 0 Å². The number of ether oxygens (including phenoxy) is 2. The molecule has 1 aromatic carbocycles. The highest BCUT2D eigenvalue weighted by molar-refractivity contribution is 5.92. The number of rotatable bonds is 7. The van der Waals surface area contributed by atoms with Gasteiger partial charge >= 0.3 is 6.09 Å². The van der Waals surface area contributed by atoms with Gasteiger partial charge in [-0.3, -0.25) is 0 Å². The van der Waals surface area contributed by atoms with Gasteiger partial charge in [0.1, 0.15) is 36.6 Å². The number of hydrogen-bond acceptors (Lipinski definition) is 8. The topological polar surface area (TPSA) is 92.7 Å². The molecule has 5 rings (SSSR count). The summed E-state index contributed by atoms with van der Waals surface area (Å²) in [5.41, 5.74) is 1.21. The molecular weight excluding hydrogens is 456 g/mol. The van der Waals surface area contributed by atoms with Crippen molar-refractivity contribution in [2.75, 3.05) is 43.6 Å². The Morgan fingerprint density at radius 2 is 1.94 bits per heavy atom. The minimum atomic E-state index is -0.316. The van der Waals surface area contributed by atoms with Gasteiger partial charge < -0.3 is 24.6 Å². The standard InChI is InChI=1S/C27H34N6O3/c1-17(2)20-5-6-23(35-15-19-16-36-27(34)32(19)4)22-14-29-25(13-21(20)22)30-24-7-10-28-26(31-24)33-11-8-18(3)9-12-33/h5-7,10,13-14,17-19H,8-9,11-12,15-16H2,1-4H3,(H,28,29,30,31). The molecule has 1 N–H and O–H groups in total. The molecule has 1 unspecified atom stereocenters. The quantitative estimate of drug-likeness (QED) is 0.497. The molecule has 0 bridgehead atoms. The van der Waals surface area contributed by atoms with Crippen LogP contribution < -0.4 is 15.0 Å². The molecule has 2 fully saturated rings. The summed E-state index contributed by atoms with van der Waals surface area (Å²) in [6.45, 7) is 9.31. The number of pyridine rings is 1. The van der Waals surface area contributed by atoms with Crippen LogP contribution in [0.1, 0.15) is 45.1 Å². The van der Waals surface area contributed by atoms with Gasteiger partial charge in [0.25, 0.3) is 0 Å². The highest BCUT2D eigenvalue weighted by atomic mass is 16.6. The molecule has 3 aromatic rings. The summed E-state index contributed by atoms with van der Waals surface area (Å²) < 4.78 is 11.2. The van der Waals surface area contributed by atoms with Gasteiger partial charge in [-0.15, -0.1) is 0 Å². The molecule has 0 radical (unpaired) electrons. The highest BCUT2D eigenvalue weighted by Gasteiger charge is 2.30. The van der Waals surface area contributed by atoms with Gasteiger partial charge in [-0.05, 0) is 53.8 Å². The lowest BCUT2D eigenvalue weighted by Crippen LogP contribution is -2.34. The number of carbonyl (C=O) groups is 1. The molecular formula is C27H34N6O3. The molecule has 190 valence electrons.